The topological polar surface area (TPSA) is 53.1 Å². The Kier molecular flexibility index (Phi) is 3.53. The minimum atomic E-state index is 0.611. The maximum Gasteiger partial charge on any atom is 0.140 e. The van der Waals surface area contributed by atoms with Crippen molar-refractivity contribution >= 4 is 0 Å². The molecule has 0 N–H and O–H groups in total. The predicted octanol–water partition coefficient (Wildman–Crippen LogP) is 3.06. The number of hydrogen-bond acceptors (Lipinski definition) is 4. The van der Waals surface area contributed by atoms with Crippen molar-refractivity contribution < 1.29 is 4.52 Å². The second kappa shape index (κ2) is 5.48. The summed E-state index contributed by atoms with van der Waals surface area (Å²) in [4.78, 5) is 2.19. The molecule has 3 rings (SSSR count). The van der Waals surface area contributed by atoms with E-state index in [1.54, 1.807) is 0 Å². The lowest BCUT2D eigenvalue weighted by Crippen LogP contribution is -2.17. The Bertz CT molecular complexity index is 620. The van der Waals surface area contributed by atoms with E-state index in [4.69, 9.17) is 9.78 Å². The summed E-state index contributed by atoms with van der Waals surface area (Å²) in [6, 6.07) is 11.9. The molecule has 1 aromatic heterocycles. The van der Waals surface area contributed by atoms with Gasteiger partial charge in [0, 0.05) is 25.1 Å². The molecule has 1 aromatic carbocycles. The summed E-state index contributed by atoms with van der Waals surface area (Å²) < 4.78 is 5.36. The average Bonchev–Trinajstić information content (AvgIpc) is 3.20. The quantitative estimate of drug-likeness (QED) is 0.835. The summed E-state index contributed by atoms with van der Waals surface area (Å²) >= 11 is 0. The van der Waals surface area contributed by atoms with Gasteiger partial charge in [-0.3, -0.25) is 4.90 Å². The van der Waals surface area contributed by atoms with Crippen LogP contribution in [0.2, 0.25) is 0 Å². The molecule has 1 aliphatic carbocycles. The van der Waals surface area contributed by atoms with Crippen molar-refractivity contribution in [1.29, 1.82) is 5.26 Å². The number of aromatic nitrogens is 1. The maximum atomic E-state index is 8.78. The van der Waals surface area contributed by atoms with Gasteiger partial charge in [0.15, 0.2) is 0 Å². The lowest BCUT2D eigenvalue weighted by Gasteiger charge is -2.14. The summed E-state index contributed by atoms with van der Waals surface area (Å²) in [7, 11) is 2.06. The van der Waals surface area contributed by atoms with Gasteiger partial charge in [0.1, 0.15) is 5.76 Å². The number of benzene rings is 1. The van der Waals surface area contributed by atoms with E-state index in [9.17, 15) is 0 Å². The summed E-state index contributed by atoms with van der Waals surface area (Å²) in [6.45, 7) is 1.60. The molecule has 0 bridgehead atoms. The fourth-order valence-corrected chi connectivity index (χ4v) is 2.29. The van der Waals surface area contributed by atoms with Gasteiger partial charge in [-0.1, -0.05) is 17.3 Å². The Balaban J connectivity index is 1.57. The monoisotopic (exact) mass is 267 g/mol. The Labute approximate surface area is 118 Å². The SMILES string of the molecule is CN(Cc1ccc(C#N)cc1)Cc1cc(C2CC2)on1. The fraction of sp³-hybridized carbons (Fsp3) is 0.375. The summed E-state index contributed by atoms with van der Waals surface area (Å²) in [5, 5.41) is 12.9. The summed E-state index contributed by atoms with van der Waals surface area (Å²) in [5.41, 5.74) is 2.88. The highest BCUT2D eigenvalue weighted by Gasteiger charge is 2.27. The van der Waals surface area contributed by atoms with Crippen LogP contribution in [-0.2, 0) is 13.1 Å². The van der Waals surface area contributed by atoms with E-state index < -0.39 is 0 Å². The standard InChI is InChI=1S/C16H17N3O/c1-19(10-13-4-2-12(9-17)3-5-13)11-15-8-16(20-18-15)14-6-7-14/h2-5,8,14H,6-7,10-11H2,1H3. The first-order chi connectivity index (χ1) is 9.74. The Hall–Kier alpha value is -2.12. The highest BCUT2D eigenvalue weighted by Crippen LogP contribution is 2.40. The molecule has 0 saturated heterocycles. The Morgan fingerprint density at radius 2 is 2.05 bits per heavy atom. The van der Waals surface area contributed by atoms with Gasteiger partial charge in [0.2, 0.25) is 0 Å². The van der Waals surface area contributed by atoms with Gasteiger partial charge in [-0.15, -0.1) is 0 Å². The minimum absolute atomic E-state index is 0.611. The van der Waals surface area contributed by atoms with Crippen molar-refractivity contribution in [2.45, 2.75) is 31.8 Å². The first-order valence-electron chi connectivity index (χ1n) is 6.87. The van der Waals surface area contributed by atoms with Crippen LogP contribution in [0.3, 0.4) is 0 Å². The van der Waals surface area contributed by atoms with Crippen molar-refractivity contribution in [2.75, 3.05) is 7.05 Å². The minimum Gasteiger partial charge on any atom is -0.361 e. The van der Waals surface area contributed by atoms with Crippen LogP contribution >= 0.6 is 0 Å². The van der Waals surface area contributed by atoms with E-state index in [0.29, 0.717) is 11.5 Å². The second-order valence-electron chi connectivity index (χ2n) is 5.48. The number of hydrogen-bond donors (Lipinski definition) is 0. The molecule has 4 heteroatoms. The molecule has 1 heterocycles. The van der Waals surface area contributed by atoms with Gasteiger partial charge in [-0.25, -0.2) is 0 Å². The first-order valence-corrected chi connectivity index (χ1v) is 6.87. The van der Waals surface area contributed by atoms with Crippen molar-refractivity contribution in [3.8, 4) is 6.07 Å². The molecule has 0 radical (unpaired) electrons. The number of nitrogens with zero attached hydrogens (tertiary/aromatic N) is 3. The van der Waals surface area contributed by atoms with Gasteiger partial charge in [0.05, 0.1) is 17.3 Å². The van der Waals surface area contributed by atoms with Crippen LogP contribution in [0, 0.1) is 11.3 Å². The smallest absolute Gasteiger partial charge is 0.140 e. The third-order valence-corrected chi connectivity index (χ3v) is 3.52. The Morgan fingerprint density at radius 1 is 1.30 bits per heavy atom. The molecule has 102 valence electrons. The second-order valence-corrected chi connectivity index (χ2v) is 5.48. The molecule has 0 unspecified atom stereocenters. The molecule has 4 nitrogen and oxygen atoms in total. The average molecular weight is 267 g/mol. The zero-order valence-electron chi connectivity index (χ0n) is 11.5. The lowest BCUT2D eigenvalue weighted by atomic mass is 10.1. The van der Waals surface area contributed by atoms with E-state index in [0.717, 1.165) is 24.5 Å². The zero-order chi connectivity index (χ0) is 13.9. The third-order valence-electron chi connectivity index (χ3n) is 3.52. The van der Waals surface area contributed by atoms with Crippen LogP contribution in [0.5, 0.6) is 0 Å². The van der Waals surface area contributed by atoms with Crippen molar-refractivity contribution in [1.82, 2.24) is 10.1 Å². The molecule has 1 fully saturated rings. The van der Waals surface area contributed by atoms with Crippen LogP contribution in [0.15, 0.2) is 34.9 Å². The van der Waals surface area contributed by atoms with E-state index in [-0.39, 0.29) is 0 Å². The number of nitriles is 1. The van der Waals surface area contributed by atoms with Gasteiger partial charge in [0.25, 0.3) is 0 Å². The molecule has 2 aromatic rings. The molecule has 1 saturated carbocycles. The lowest BCUT2D eigenvalue weighted by molar-refractivity contribution is 0.301. The van der Waals surface area contributed by atoms with Crippen molar-refractivity contribution in [3.05, 3.63) is 52.9 Å². The summed E-state index contributed by atoms with van der Waals surface area (Å²) in [6.07, 6.45) is 2.46. The molecular weight excluding hydrogens is 250 g/mol. The molecule has 0 atom stereocenters. The highest BCUT2D eigenvalue weighted by atomic mass is 16.5. The predicted molar refractivity (Wildman–Crippen MR) is 74.8 cm³/mol. The molecule has 0 amide bonds. The van der Waals surface area contributed by atoms with Crippen molar-refractivity contribution in [3.63, 3.8) is 0 Å². The van der Waals surface area contributed by atoms with Crippen molar-refractivity contribution in [2.24, 2.45) is 0 Å². The zero-order valence-corrected chi connectivity index (χ0v) is 11.5. The summed E-state index contributed by atoms with van der Waals surface area (Å²) in [5.74, 6) is 1.65. The highest BCUT2D eigenvalue weighted by molar-refractivity contribution is 5.31. The molecule has 0 spiro atoms. The van der Waals surface area contributed by atoms with Crippen LogP contribution in [0.4, 0.5) is 0 Å². The normalized spacial score (nSPS) is 14.4. The maximum absolute atomic E-state index is 8.78. The van der Waals surface area contributed by atoms with Crippen LogP contribution in [0.1, 0.15) is 41.3 Å². The van der Waals surface area contributed by atoms with E-state index in [2.05, 4.69) is 29.2 Å². The van der Waals surface area contributed by atoms with Gasteiger partial charge in [-0.2, -0.15) is 5.26 Å². The van der Waals surface area contributed by atoms with E-state index in [1.807, 2.05) is 24.3 Å². The molecule has 20 heavy (non-hydrogen) atoms. The third kappa shape index (κ3) is 3.06. The largest absolute Gasteiger partial charge is 0.361 e. The molecule has 1 aliphatic rings. The fourth-order valence-electron chi connectivity index (χ4n) is 2.29. The van der Waals surface area contributed by atoms with Gasteiger partial charge in [-0.05, 0) is 37.6 Å². The van der Waals surface area contributed by atoms with Crippen LogP contribution < -0.4 is 0 Å². The number of rotatable bonds is 5. The first kappa shape index (κ1) is 12.9. The molecular formula is C16H17N3O. The van der Waals surface area contributed by atoms with Gasteiger partial charge < -0.3 is 4.52 Å². The molecule has 0 aliphatic heterocycles. The van der Waals surface area contributed by atoms with Gasteiger partial charge >= 0.3 is 0 Å². The van der Waals surface area contributed by atoms with Crippen LogP contribution in [-0.4, -0.2) is 17.1 Å². The Morgan fingerprint density at radius 3 is 2.70 bits per heavy atom. The van der Waals surface area contributed by atoms with E-state index in [1.165, 1.54) is 18.4 Å². The van der Waals surface area contributed by atoms with Crippen LogP contribution in [0.25, 0.3) is 0 Å². The van der Waals surface area contributed by atoms with E-state index >= 15 is 0 Å².